The number of halogens is 1. The summed E-state index contributed by atoms with van der Waals surface area (Å²) >= 11 is 1.75. The molecule has 84 valence electrons. The van der Waals surface area contributed by atoms with Crippen molar-refractivity contribution in [3.8, 4) is 0 Å². The highest BCUT2D eigenvalue weighted by molar-refractivity contribution is 8.93. The van der Waals surface area contributed by atoms with Crippen molar-refractivity contribution in [2.24, 2.45) is 0 Å². The third-order valence-electron chi connectivity index (χ3n) is 1.52. The average Bonchev–Trinajstić information content (AvgIpc) is 2.19. The largest absolute Gasteiger partial charge is 0.289 e. The maximum Gasteiger partial charge on any atom is 0.185 e. The van der Waals surface area contributed by atoms with Crippen LogP contribution in [0.1, 0.15) is 15.9 Å². The summed E-state index contributed by atoms with van der Waals surface area (Å²) in [6, 6.07) is 7.44. The predicted molar refractivity (Wildman–Crippen MR) is 75.5 cm³/mol. The Hall–Kier alpha value is -0.540. The minimum Gasteiger partial charge on any atom is -0.289 e. The molecule has 0 radical (unpaired) electrons. The van der Waals surface area contributed by atoms with Crippen LogP contribution >= 0.6 is 28.7 Å². The van der Waals surface area contributed by atoms with E-state index in [-0.39, 0.29) is 22.8 Å². The van der Waals surface area contributed by atoms with Crippen molar-refractivity contribution in [2.75, 3.05) is 12.5 Å². The number of ketones is 1. The molecule has 0 bridgehead atoms. The number of hydrogen-bond acceptors (Lipinski definition) is 2. The Balaban J connectivity index is 0. The van der Waals surface area contributed by atoms with Crippen molar-refractivity contribution in [1.82, 2.24) is 0 Å². The lowest BCUT2D eigenvalue weighted by atomic mass is 10.1. The molecule has 0 amide bonds. The van der Waals surface area contributed by atoms with Gasteiger partial charge in [0.15, 0.2) is 5.78 Å². The summed E-state index contributed by atoms with van der Waals surface area (Å²) in [5.74, 6) is -0.0231. The average molecular weight is 289 g/mol. The minimum atomic E-state index is -0.0231. The number of benzene rings is 1. The molecule has 3 heteroatoms. The molecule has 0 aliphatic heterocycles. The molecule has 0 aromatic heterocycles. The van der Waals surface area contributed by atoms with Gasteiger partial charge in [-0.2, -0.15) is 11.8 Å². The van der Waals surface area contributed by atoms with Gasteiger partial charge >= 0.3 is 0 Å². The topological polar surface area (TPSA) is 17.1 Å². The van der Waals surface area contributed by atoms with E-state index in [0.29, 0.717) is 5.56 Å². The highest BCUT2D eigenvalue weighted by Gasteiger charge is 1.97. The van der Waals surface area contributed by atoms with E-state index in [4.69, 9.17) is 0 Å². The second-order valence-electron chi connectivity index (χ2n) is 2.84. The zero-order valence-electron chi connectivity index (χ0n) is 9.32. The summed E-state index contributed by atoms with van der Waals surface area (Å²) in [4.78, 5) is 11.0. The van der Waals surface area contributed by atoms with Crippen molar-refractivity contribution in [2.45, 2.75) is 6.92 Å². The van der Waals surface area contributed by atoms with E-state index in [9.17, 15) is 4.79 Å². The van der Waals surface area contributed by atoms with Crippen LogP contribution < -0.4 is 0 Å². The molecule has 1 aromatic rings. The van der Waals surface area contributed by atoms with E-state index in [2.05, 4.69) is 6.58 Å². The third kappa shape index (κ3) is 7.40. The summed E-state index contributed by atoms with van der Waals surface area (Å²) in [6.45, 7) is 5.40. The van der Waals surface area contributed by atoms with E-state index in [0.717, 1.165) is 5.56 Å². The zero-order chi connectivity index (χ0) is 11.0. The van der Waals surface area contributed by atoms with Crippen LogP contribution in [0.25, 0.3) is 0 Å². The molecule has 1 nitrogen and oxygen atoms in total. The van der Waals surface area contributed by atoms with Gasteiger partial charge in [-0.3, -0.25) is 4.79 Å². The molecule has 0 fully saturated rings. The quantitative estimate of drug-likeness (QED) is 0.606. The Morgan fingerprint density at radius 2 is 1.67 bits per heavy atom. The van der Waals surface area contributed by atoms with E-state index >= 15 is 0 Å². The second-order valence-corrected chi connectivity index (χ2v) is 3.66. The van der Waals surface area contributed by atoms with Crippen molar-refractivity contribution in [3.63, 3.8) is 0 Å². The molecule has 0 atom stereocenters. The van der Waals surface area contributed by atoms with Crippen LogP contribution in [0.15, 0.2) is 36.9 Å². The first-order valence-electron chi connectivity index (χ1n) is 4.29. The van der Waals surface area contributed by atoms with E-state index in [1.165, 1.54) is 6.08 Å². The Bertz CT molecular complexity index is 293. The van der Waals surface area contributed by atoms with E-state index in [1.807, 2.05) is 31.6 Å². The Morgan fingerprint density at radius 3 is 2.00 bits per heavy atom. The molecule has 0 spiro atoms. The predicted octanol–water partition coefficient (Wildman–Crippen LogP) is 3.92. The van der Waals surface area contributed by atoms with Gasteiger partial charge < -0.3 is 0 Å². The summed E-state index contributed by atoms with van der Waals surface area (Å²) in [5.41, 5.74) is 1.86. The van der Waals surface area contributed by atoms with Crippen molar-refractivity contribution >= 4 is 34.5 Å². The van der Waals surface area contributed by atoms with Crippen LogP contribution in [0, 0.1) is 6.92 Å². The fourth-order valence-electron chi connectivity index (χ4n) is 0.836. The lowest BCUT2D eigenvalue weighted by Gasteiger charge is -1.94. The van der Waals surface area contributed by atoms with E-state index < -0.39 is 0 Å². The molecule has 0 heterocycles. The molecule has 1 aromatic carbocycles. The summed E-state index contributed by atoms with van der Waals surface area (Å²) in [7, 11) is 0. The second kappa shape index (κ2) is 9.99. The zero-order valence-corrected chi connectivity index (χ0v) is 11.8. The first-order chi connectivity index (χ1) is 6.65. The highest BCUT2D eigenvalue weighted by atomic mass is 79.9. The van der Waals surface area contributed by atoms with Gasteiger partial charge in [0, 0.05) is 5.56 Å². The maximum absolute atomic E-state index is 11.0. The number of hydrogen-bond donors (Lipinski definition) is 0. The Kier molecular flexibility index (Phi) is 11.2. The number of rotatable bonds is 2. The number of thioether (sulfide) groups is 1. The van der Waals surface area contributed by atoms with Gasteiger partial charge in [-0.05, 0) is 25.5 Å². The van der Waals surface area contributed by atoms with Crippen LogP contribution in [0.5, 0.6) is 0 Å². The van der Waals surface area contributed by atoms with Gasteiger partial charge in [0.2, 0.25) is 0 Å². The molecule has 0 aliphatic rings. The van der Waals surface area contributed by atoms with Gasteiger partial charge in [0.05, 0.1) is 0 Å². The van der Waals surface area contributed by atoms with Crippen LogP contribution in [-0.2, 0) is 0 Å². The highest BCUT2D eigenvalue weighted by Crippen LogP contribution is 2.03. The molecule has 0 saturated heterocycles. The number of carbonyl (C=O) groups excluding carboxylic acids is 1. The molecular weight excluding hydrogens is 272 g/mol. The van der Waals surface area contributed by atoms with Gasteiger partial charge in [-0.1, -0.05) is 36.4 Å². The third-order valence-corrected chi connectivity index (χ3v) is 1.52. The monoisotopic (exact) mass is 288 g/mol. The molecule has 1 rings (SSSR count). The lowest BCUT2D eigenvalue weighted by molar-refractivity contribution is 0.104. The maximum atomic E-state index is 11.0. The summed E-state index contributed by atoms with van der Waals surface area (Å²) in [6.07, 6.45) is 5.41. The molecule has 0 unspecified atom stereocenters. The molecule has 15 heavy (non-hydrogen) atoms. The van der Waals surface area contributed by atoms with Crippen LogP contribution in [0.4, 0.5) is 0 Å². The van der Waals surface area contributed by atoms with Crippen LogP contribution in [0.2, 0.25) is 0 Å². The fourth-order valence-corrected chi connectivity index (χ4v) is 0.836. The molecule has 0 saturated carbocycles. The van der Waals surface area contributed by atoms with Crippen molar-refractivity contribution in [1.29, 1.82) is 0 Å². The van der Waals surface area contributed by atoms with Crippen molar-refractivity contribution < 1.29 is 4.79 Å². The molecular formula is C12H17BrOS. The van der Waals surface area contributed by atoms with E-state index in [1.54, 1.807) is 23.9 Å². The normalized spacial score (nSPS) is 7.93. The van der Waals surface area contributed by atoms with Crippen LogP contribution in [0.3, 0.4) is 0 Å². The Labute approximate surface area is 107 Å². The smallest absolute Gasteiger partial charge is 0.185 e. The van der Waals surface area contributed by atoms with Gasteiger partial charge in [0.1, 0.15) is 0 Å². The van der Waals surface area contributed by atoms with Gasteiger partial charge in [0.25, 0.3) is 0 Å². The number of carbonyl (C=O) groups is 1. The SMILES string of the molecule is Br.C=CC(=O)c1ccc(C)cc1.CSC. The van der Waals surface area contributed by atoms with Gasteiger partial charge in [-0.15, -0.1) is 17.0 Å². The first kappa shape index (κ1) is 16.9. The summed E-state index contributed by atoms with van der Waals surface area (Å²) in [5, 5.41) is 0. The Morgan fingerprint density at radius 1 is 1.27 bits per heavy atom. The van der Waals surface area contributed by atoms with Gasteiger partial charge in [-0.25, -0.2) is 0 Å². The standard InChI is InChI=1S/C10H10O.C2H6S.BrH/c1-3-10(11)9-6-4-8(2)5-7-9;1-3-2;/h3-7H,1H2,2H3;1-2H3;1H. The van der Waals surface area contributed by atoms with Crippen LogP contribution in [-0.4, -0.2) is 18.3 Å². The summed E-state index contributed by atoms with van der Waals surface area (Å²) < 4.78 is 0. The molecule has 0 N–H and O–H groups in total. The number of allylic oxidation sites excluding steroid dienone is 1. The van der Waals surface area contributed by atoms with Crippen molar-refractivity contribution in [3.05, 3.63) is 48.0 Å². The fraction of sp³-hybridized carbons (Fsp3) is 0.250. The first-order valence-corrected chi connectivity index (χ1v) is 5.92. The number of aryl methyl sites for hydroxylation is 1. The minimum absolute atomic E-state index is 0. The molecule has 0 aliphatic carbocycles. The lowest BCUT2D eigenvalue weighted by Crippen LogP contribution is -1.92.